The van der Waals surface area contributed by atoms with Crippen molar-refractivity contribution < 1.29 is 4.79 Å². The molecule has 0 radical (unpaired) electrons. The van der Waals surface area contributed by atoms with E-state index in [9.17, 15) is 4.79 Å². The van der Waals surface area contributed by atoms with E-state index in [0.29, 0.717) is 6.54 Å². The van der Waals surface area contributed by atoms with E-state index in [1.807, 2.05) is 37.4 Å². The molecule has 4 heteroatoms. The zero-order valence-corrected chi connectivity index (χ0v) is 14.0. The molecule has 1 amide bonds. The number of benzene rings is 1. The van der Waals surface area contributed by atoms with Crippen molar-refractivity contribution >= 4 is 17.2 Å². The molecule has 0 spiro atoms. The fourth-order valence-corrected chi connectivity index (χ4v) is 3.52. The highest BCUT2D eigenvalue weighted by molar-refractivity contribution is 7.09. The van der Waals surface area contributed by atoms with Crippen LogP contribution in [0.25, 0.3) is 0 Å². The van der Waals surface area contributed by atoms with Gasteiger partial charge in [0.1, 0.15) is 0 Å². The predicted octanol–water partition coefficient (Wildman–Crippen LogP) is 3.97. The summed E-state index contributed by atoms with van der Waals surface area (Å²) in [7, 11) is 1.87. The molecule has 1 saturated carbocycles. The third-order valence-corrected chi connectivity index (χ3v) is 5.23. The van der Waals surface area contributed by atoms with Crippen LogP contribution < -0.4 is 0 Å². The van der Waals surface area contributed by atoms with E-state index in [-0.39, 0.29) is 11.8 Å². The lowest BCUT2D eigenvalue weighted by molar-refractivity contribution is 0.0788. The van der Waals surface area contributed by atoms with Gasteiger partial charge in [-0.1, -0.05) is 25.1 Å². The lowest BCUT2D eigenvalue weighted by Gasteiger charge is -2.20. The van der Waals surface area contributed by atoms with E-state index >= 15 is 0 Å². The van der Waals surface area contributed by atoms with E-state index in [0.717, 1.165) is 22.9 Å². The summed E-state index contributed by atoms with van der Waals surface area (Å²) in [5.41, 5.74) is 1.97. The molecule has 0 N–H and O–H groups in total. The Hall–Kier alpha value is -1.68. The van der Waals surface area contributed by atoms with Gasteiger partial charge in [0.15, 0.2) is 0 Å². The monoisotopic (exact) mass is 314 g/mol. The molecule has 1 atom stereocenters. The quantitative estimate of drug-likeness (QED) is 0.808. The molecule has 0 saturated heterocycles. The fraction of sp³-hybridized carbons (Fsp3) is 0.444. The molecular formula is C18H22N2OS. The Kier molecular flexibility index (Phi) is 4.57. The average Bonchev–Trinajstić information content (AvgIpc) is 3.22. The summed E-state index contributed by atoms with van der Waals surface area (Å²) in [5.74, 6) is 1.21. The molecule has 0 aliphatic heterocycles. The van der Waals surface area contributed by atoms with Crippen molar-refractivity contribution in [3.8, 4) is 0 Å². The Labute approximate surface area is 136 Å². The van der Waals surface area contributed by atoms with Crippen LogP contribution in [0.5, 0.6) is 0 Å². The molecule has 3 nitrogen and oxygen atoms in total. The smallest absolute Gasteiger partial charge is 0.253 e. The van der Waals surface area contributed by atoms with Gasteiger partial charge >= 0.3 is 0 Å². The van der Waals surface area contributed by atoms with Crippen molar-refractivity contribution in [2.24, 2.45) is 5.92 Å². The SMILES string of the molecule is C[C@H](CN(C)C(=O)c1ccccc1)c1nc(CC2CC2)cs1. The van der Waals surface area contributed by atoms with Gasteiger partial charge in [-0.15, -0.1) is 11.3 Å². The van der Waals surface area contributed by atoms with E-state index in [1.54, 1.807) is 16.2 Å². The van der Waals surface area contributed by atoms with Crippen LogP contribution in [0, 0.1) is 5.92 Å². The fourth-order valence-electron chi connectivity index (χ4n) is 2.63. The minimum absolute atomic E-state index is 0.0715. The Morgan fingerprint density at radius 2 is 2.09 bits per heavy atom. The molecule has 1 aliphatic carbocycles. The Morgan fingerprint density at radius 3 is 2.77 bits per heavy atom. The van der Waals surface area contributed by atoms with Crippen molar-refractivity contribution in [1.29, 1.82) is 0 Å². The van der Waals surface area contributed by atoms with Crippen LogP contribution in [-0.2, 0) is 6.42 Å². The first-order valence-corrected chi connectivity index (χ1v) is 8.76. The summed E-state index contributed by atoms with van der Waals surface area (Å²) in [5, 5.41) is 3.33. The lowest BCUT2D eigenvalue weighted by Crippen LogP contribution is -2.30. The van der Waals surface area contributed by atoms with Crippen molar-refractivity contribution in [1.82, 2.24) is 9.88 Å². The third-order valence-electron chi connectivity index (χ3n) is 4.10. The van der Waals surface area contributed by atoms with E-state index < -0.39 is 0 Å². The number of aromatic nitrogens is 1. The van der Waals surface area contributed by atoms with Crippen LogP contribution in [-0.4, -0.2) is 29.4 Å². The molecule has 1 aromatic heterocycles. The third kappa shape index (κ3) is 3.74. The molecule has 0 unspecified atom stereocenters. The van der Waals surface area contributed by atoms with Crippen molar-refractivity contribution in [2.45, 2.75) is 32.1 Å². The maximum Gasteiger partial charge on any atom is 0.253 e. The summed E-state index contributed by atoms with van der Waals surface area (Å²) in [6, 6.07) is 9.45. The molecule has 1 aromatic carbocycles. The highest BCUT2D eigenvalue weighted by Crippen LogP contribution is 2.33. The van der Waals surface area contributed by atoms with Gasteiger partial charge in [-0.2, -0.15) is 0 Å². The molecule has 2 aromatic rings. The Bertz CT molecular complexity index is 634. The summed E-state index contributed by atoms with van der Waals surface area (Å²) in [4.78, 5) is 18.9. The number of hydrogen-bond donors (Lipinski definition) is 0. The number of nitrogens with zero attached hydrogens (tertiary/aromatic N) is 2. The van der Waals surface area contributed by atoms with Gasteiger partial charge in [-0.05, 0) is 37.3 Å². The van der Waals surface area contributed by atoms with Crippen LogP contribution in [0.3, 0.4) is 0 Å². The van der Waals surface area contributed by atoms with Gasteiger partial charge in [0.25, 0.3) is 5.91 Å². The zero-order chi connectivity index (χ0) is 15.5. The van der Waals surface area contributed by atoms with Gasteiger partial charge in [0, 0.05) is 30.5 Å². The molecule has 0 bridgehead atoms. The van der Waals surface area contributed by atoms with Crippen LogP contribution in [0.4, 0.5) is 0 Å². The first-order valence-electron chi connectivity index (χ1n) is 7.88. The molecule has 1 aliphatic rings. The van der Waals surface area contributed by atoms with Gasteiger partial charge in [-0.25, -0.2) is 4.98 Å². The zero-order valence-electron chi connectivity index (χ0n) is 13.2. The number of carbonyl (C=O) groups excluding carboxylic acids is 1. The summed E-state index contributed by atoms with van der Waals surface area (Å²) >= 11 is 1.73. The maximum absolute atomic E-state index is 12.4. The van der Waals surface area contributed by atoms with Crippen molar-refractivity contribution in [3.05, 3.63) is 52.0 Å². The minimum atomic E-state index is 0.0715. The van der Waals surface area contributed by atoms with Gasteiger partial charge in [0.2, 0.25) is 0 Å². The molecule has 1 heterocycles. The number of thiazole rings is 1. The molecule has 22 heavy (non-hydrogen) atoms. The second-order valence-corrected chi connectivity index (χ2v) is 7.17. The summed E-state index contributed by atoms with van der Waals surface area (Å²) in [6.07, 6.45) is 3.84. The number of amides is 1. The topological polar surface area (TPSA) is 33.2 Å². The molecular weight excluding hydrogens is 292 g/mol. The molecule has 1 fully saturated rings. The normalized spacial score (nSPS) is 15.5. The van der Waals surface area contributed by atoms with Crippen molar-refractivity contribution in [3.63, 3.8) is 0 Å². The second kappa shape index (κ2) is 6.61. The van der Waals surface area contributed by atoms with E-state index in [2.05, 4.69) is 12.3 Å². The standard InChI is InChI=1S/C18H22N2OS/c1-13(17-19-16(12-22-17)10-14-8-9-14)11-20(2)18(21)15-6-4-3-5-7-15/h3-7,12-14H,8-11H2,1-2H3/t13-/m1/s1. The predicted molar refractivity (Wildman–Crippen MR) is 90.4 cm³/mol. The Morgan fingerprint density at radius 1 is 1.36 bits per heavy atom. The highest BCUT2D eigenvalue weighted by Gasteiger charge is 2.23. The molecule has 3 rings (SSSR count). The number of likely N-dealkylation sites (N-methyl/N-ethyl adjacent to an activating group) is 1. The number of rotatable bonds is 6. The average molecular weight is 314 g/mol. The highest BCUT2D eigenvalue weighted by atomic mass is 32.1. The first kappa shape index (κ1) is 15.2. The summed E-state index contributed by atoms with van der Waals surface area (Å²) < 4.78 is 0. The van der Waals surface area contributed by atoms with Gasteiger partial charge in [0.05, 0.1) is 10.7 Å². The van der Waals surface area contributed by atoms with Crippen molar-refractivity contribution in [2.75, 3.05) is 13.6 Å². The first-order chi connectivity index (χ1) is 10.6. The van der Waals surface area contributed by atoms with Crippen LogP contribution in [0.15, 0.2) is 35.7 Å². The van der Waals surface area contributed by atoms with Crippen LogP contribution in [0.1, 0.15) is 46.7 Å². The van der Waals surface area contributed by atoms with E-state index in [4.69, 9.17) is 4.98 Å². The summed E-state index contributed by atoms with van der Waals surface area (Å²) in [6.45, 7) is 2.85. The van der Waals surface area contributed by atoms with E-state index in [1.165, 1.54) is 18.5 Å². The number of carbonyl (C=O) groups is 1. The maximum atomic E-state index is 12.4. The van der Waals surface area contributed by atoms with Gasteiger partial charge in [-0.3, -0.25) is 4.79 Å². The molecule has 116 valence electrons. The van der Waals surface area contributed by atoms with Crippen LogP contribution in [0.2, 0.25) is 0 Å². The minimum Gasteiger partial charge on any atom is -0.341 e. The van der Waals surface area contributed by atoms with Crippen LogP contribution >= 0.6 is 11.3 Å². The lowest BCUT2D eigenvalue weighted by atomic mass is 10.1. The second-order valence-electron chi connectivity index (χ2n) is 6.28. The Balaban J connectivity index is 1.59. The largest absolute Gasteiger partial charge is 0.341 e. The van der Waals surface area contributed by atoms with Gasteiger partial charge < -0.3 is 4.90 Å². The number of hydrogen-bond acceptors (Lipinski definition) is 3.